The van der Waals surface area contributed by atoms with E-state index in [9.17, 15) is 22.4 Å². The third kappa shape index (κ3) is 2.86. The summed E-state index contributed by atoms with van der Waals surface area (Å²) in [6.45, 7) is 0.952. The Morgan fingerprint density at radius 3 is 2.42 bits per heavy atom. The standard InChI is InChI=1S/C12H12F4N2O/c13-7-4-8(14)11(16)9(10(7)15)12(19)18-5-6-2-1-3-17-6/h4,6,17H,1-3,5H2,(H,18,19). The Hall–Kier alpha value is -1.63. The van der Waals surface area contributed by atoms with Crippen LogP contribution in [0.25, 0.3) is 0 Å². The van der Waals surface area contributed by atoms with Gasteiger partial charge in [-0.15, -0.1) is 0 Å². The zero-order chi connectivity index (χ0) is 14.0. The average molecular weight is 276 g/mol. The SMILES string of the molecule is O=C(NCC1CCCN1)c1c(F)c(F)cc(F)c1F. The van der Waals surface area contributed by atoms with Crippen LogP contribution in [0.15, 0.2) is 6.07 Å². The van der Waals surface area contributed by atoms with Crippen LogP contribution in [0, 0.1) is 23.3 Å². The minimum Gasteiger partial charge on any atom is -0.350 e. The second-order valence-electron chi connectivity index (χ2n) is 4.35. The zero-order valence-corrected chi connectivity index (χ0v) is 9.90. The molecule has 1 aliphatic rings. The summed E-state index contributed by atoms with van der Waals surface area (Å²) >= 11 is 0. The van der Waals surface area contributed by atoms with Crippen molar-refractivity contribution in [2.24, 2.45) is 0 Å². The summed E-state index contributed by atoms with van der Waals surface area (Å²) in [6.07, 6.45) is 1.76. The Labute approximate surface area is 107 Å². The smallest absolute Gasteiger partial charge is 0.257 e. The Morgan fingerprint density at radius 2 is 1.89 bits per heavy atom. The van der Waals surface area contributed by atoms with Gasteiger partial charge in [0, 0.05) is 18.7 Å². The highest BCUT2D eigenvalue weighted by Gasteiger charge is 2.25. The molecule has 1 aromatic carbocycles. The van der Waals surface area contributed by atoms with Gasteiger partial charge in [0.25, 0.3) is 5.91 Å². The lowest BCUT2D eigenvalue weighted by molar-refractivity contribution is 0.0939. The summed E-state index contributed by atoms with van der Waals surface area (Å²) in [5.74, 6) is -7.72. The van der Waals surface area contributed by atoms with E-state index < -0.39 is 34.7 Å². The van der Waals surface area contributed by atoms with Crippen molar-refractivity contribution in [2.75, 3.05) is 13.1 Å². The van der Waals surface area contributed by atoms with E-state index in [1.54, 1.807) is 0 Å². The molecular weight excluding hydrogens is 264 g/mol. The molecule has 3 nitrogen and oxygen atoms in total. The number of halogens is 4. The number of carbonyl (C=O) groups is 1. The monoisotopic (exact) mass is 276 g/mol. The average Bonchev–Trinajstić information content (AvgIpc) is 2.87. The second kappa shape index (κ2) is 5.56. The summed E-state index contributed by atoms with van der Waals surface area (Å²) in [5, 5.41) is 5.33. The third-order valence-electron chi connectivity index (χ3n) is 3.01. The van der Waals surface area contributed by atoms with Gasteiger partial charge in [0.05, 0.1) is 0 Å². The van der Waals surface area contributed by atoms with Crippen LogP contribution in [0.2, 0.25) is 0 Å². The number of carbonyl (C=O) groups excluding carboxylic acids is 1. The highest BCUT2D eigenvalue weighted by atomic mass is 19.2. The summed E-state index contributed by atoms with van der Waals surface area (Å²) in [7, 11) is 0. The molecule has 0 saturated carbocycles. The maximum Gasteiger partial charge on any atom is 0.257 e. The Kier molecular flexibility index (Phi) is 4.04. The molecule has 1 amide bonds. The summed E-state index contributed by atoms with van der Waals surface area (Å²) in [4.78, 5) is 11.6. The number of nitrogens with one attached hydrogen (secondary N) is 2. The van der Waals surface area contributed by atoms with Gasteiger partial charge in [-0.2, -0.15) is 0 Å². The number of hydrogen-bond acceptors (Lipinski definition) is 2. The van der Waals surface area contributed by atoms with Gasteiger partial charge < -0.3 is 10.6 Å². The van der Waals surface area contributed by atoms with Crippen LogP contribution in [0.4, 0.5) is 17.6 Å². The number of hydrogen-bond donors (Lipinski definition) is 2. The molecule has 19 heavy (non-hydrogen) atoms. The van der Waals surface area contributed by atoms with E-state index >= 15 is 0 Å². The third-order valence-corrected chi connectivity index (χ3v) is 3.01. The molecule has 0 radical (unpaired) electrons. The molecule has 1 aromatic rings. The molecule has 0 bridgehead atoms. The molecule has 0 spiro atoms. The van der Waals surface area contributed by atoms with Crippen molar-refractivity contribution in [1.29, 1.82) is 0 Å². The molecule has 1 heterocycles. The van der Waals surface area contributed by atoms with Crippen LogP contribution in [-0.2, 0) is 0 Å². The van der Waals surface area contributed by atoms with Gasteiger partial charge in [-0.3, -0.25) is 4.79 Å². The van der Waals surface area contributed by atoms with Crippen LogP contribution in [0.3, 0.4) is 0 Å². The van der Waals surface area contributed by atoms with E-state index in [-0.39, 0.29) is 18.7 Å². The van der Waals surface area contributed by atoms with Gasteiger partial charge in [0.15, 0.2) is 23.3 Å². The van der Waals surface area contributed by atoms with E-state index in [2.05, 4.69) is 10.6 Å². The second-order valence-corrected chi connectivity index (χ2v) is 4.35. The molecule has 2 rings (SSSR count). The van der Waals surface area contributed by atoms with Crippen molar-refractivity contribution in [1.82, 2.24) is 10.6 Å². The molecule has 2 N–H and O–H groups in total. The predicted octanol–water partition coefficient (Wildman–Crippen LogP) is 1.72. The lowest BCUT2D eigenvalue weighted by Crippen LogP contribution is -2.38. The van der Waals surface area contributed by atoms with Crippen LogP contribution < -0.4 is 10.6 Å². The first-order valence-corrected chi connectivity index (χ1v) is 5.85. The summed E-state index contributed by atoms with van der Waals surface area (Å²) < 4.78 is 52.6. The van der Waals surface area contributed by atoms with Crippen molar-refractivity contribution >= 4 is 5.91 Å². The molecule has 0 aliphatic carbocycles. The minimum absolute atomic E-state index is 0.00785. The Bertz CT molecular complexity index is 475. The first-order valence-electron chi connectivity index (χ1n) is 5.85. The quantitative estimate of drug-likeness (QED) is 0.652. The fourth-order valence-electron chi connectivity index (χ4n) is 2.01. The summed E-state index contributed by atoms with van der Waals surface area (Å²) in [5.41, 5.74) is -1.23. The van der Waals surface area contributed by atoms with Crippen LogP contribution in [0.5, 0.6) is 0 Å². The van der Waals surface area contributed by atoms with Gasteiger partial charge >= 0.3 is 0 Å². The molecule has 1 aliphatic heterocycles. The highest BCUT2D eigenvalue weighted by molar-refractivity contribution is 5.94. The molecule has 1 saturated heterocycles. The van der Waals surface area contributed by atoms with Gasteiger partial charge in [0.1, 0.15) is 5.56 Å². The van der Waals surface area contributed by atoms with Crippen LogP contribution in [0.1, 0.15) is 23.2 Å². The van der Waals surface area contributed by atoms with Crippen molar-refractivity contribution < 1.29 is 22.4 Å². The van der Waals surface area contributed by atoms with E-state index in [4.69, 9.17) is 0 Å². The highest BCUT2D eigenvalue weighted by Crippen LogP contribution is 2.19. The molecule has 104 valence electrons. The fourth-order valence-corrected chi connectivity index (χ4v) is 2.01. The zero-order valence-electron chi connectivity index (χ0n) is 9.90. The van der Waals surface area contributed by atoms with E-state index in [1.807, 2.05) is 0 Å². The molecule has 1 unspecified atom stereocenters. The molecule has 1 fully saturated rings. The molecule has 1 atom stereocenters. The van der Waals surface area contributed by atoms with Crippen molar-refractivity contribution in [2.45, 2.75) is 18.9 Å². The van der Waals surface area contributed by atoms with E-state index in [1.165, 1.54) is 0 Å². The normalized spacial score (nSPS) is 18.6. The summed E-state index contributed by atoms with van der Waals surface area (Å²) in [6, 6.07) is 0.0773. The van der Waals surface area contributed by atoms with Gasteiger partial charge in [-0.25, -0.2) is 17.6 Å². The molecular formula is C12H12F4N2O. The Morgan fingerprint density at radius 1 is 1.26 bits per heavy atom. The van der Waals surface area contributed by atoms with E-state index in [0.29, 0.717) is 0 Å². The maximum atomic E-state index is 13.3. The maximum absolute atomic E-state index is 13.3. The topological polar surface area (TPSA) is 41.1 Å². The van der Waals surface area contributed by atoms with Gasteiger partial charge in [0.2, 0.25) is 0 Å². The lowest BCUT2D eigenvalue weighted by atomic mass is 10.1. The fraction of sp³-hybridized carbons (Fsp3) is 0.417. The first-order chi connectivity index (χ1) is 9.00. The molecule has 7 heteroatoms. The largest absolute Gasteiger partial charge is 0.350 e. The van der Waals surface area contributed by atoms with Gasteiger partial charge in [-0.05, 0) is 19.4 Å². The van der Waals surface area contributed by atoms with Crippen molar-refractivity contribution in [3.8, 4) is 0 Å². The number of rotatable bonds is 3. The first kappa shape index (κ1) is 13.8. The van der Waals surface area contributed by atoms with Crippen LogP contribution in [-0.4, -0.2) is 25.0 Å². The van der Waals surface area contributed by atoms with E-state index in [0.717, 1.165) is 19.4 Å². The van der Waals surface area contributed by atoms with Crippen molar-refractivity contribution in [3.63, 3.8) is 0 Å². The van der Waals surface area contributed by atoms with Gasteiger partial charge in [-0.1, -0.05) is 0 Å². The Balaban J connectivity index is 2.14. The lowest BCUT2D eigenvalue weighted by Gasteiger charge is -2.12. The minimum atomic E-state index is -1.68. The number of amides is 1. The van der Waals surface area contributed by atoms with Crippen molar-refractivity contribution in [3.05, 3.63) is 34.9 Å². The molecule has 0 aromatic heterocycles. The van der Waals surface area contributed by atoms with Crippen LogP contribution >= 0.6 is 0 Å². The number of benzene rings is 1. The predicted molar refractivity (Wildman–Crippen MR) is 59.6 cm³/mol.